The van der Waals surface area contributed by atoms with Crippen molar-refractivity contribution in [3.63, 3.8) is 0 Å². The monoisotopic (exact) mass is 276 g/mol. The Kier molecular flexibility index (Phi) is 2.92. The first-order valence-electron chi connectivity index (χ1n) is 6.39. The van der Waals surface area contributed by atoms with E-state index in [1.807, 2.05) is 31.2 Å². The Bertz CT molecular complexity index is 902. The van der Waals surface area contributed by atoms with Gasteiger partial charge in [0.2, 0.25) is 0 Å². The van der Waals surface area contributed by atoms with Crippen LogP contribution in [0.5, 0.6) is 0 Å². The van der Waals surface area contributed by atoms with Crippen LogP contribution in [-0.2, 0) is 0 Å². The highest BCUT2D eigenvalue weighted by Gasteiger charge is 2.16. The van der Waals surface area contributed by atoms with Gasteiger partial charge in [-0.1, -0.05) is 6.07 Å². The van der Waals surface area contributed by atoms with Gasteiger partial charge in [-0.05, 0) is 37.3 Å². The predicted molar refractivity (Wildman–Crippen MR) is 79.8 cm³/mol. The zero-order chi connectivity index (χ0) is 15.0. The first kappa shape index (κ1) is 12.9. The zero-order valence-corrected chi connectivity index (χ0v) is 11.4. The van der Waals surface area contributed by atoms with Crippen LogP contribution >= 0.6 is 0 Å². The Morgan fingerprint density at radius 1 is 1.33 bits per heavy atom. The minimum Gasteiger partial charge on any atom is -0.398 e. The maximum atomic E-state index is 12.7. The van der Waals surface area contributed by atoms with Crippen molar-refractivity contribution >= 4 is 22.5 Å². The number of nitriles is 1. The number of nitrogen functional groups attached to an aromatic ring is 1. The Balaban J connectivity index is 2.20. The van der Waals surface area contributed by atoms with Crippen LogP contribution in [0.25, 0.3) is 10.9 Å². The average molecular weight is 276 g/mol. The summed E-state index contributed by atoms with van der Waals surface area (Å²) < 4.78 is 1.60. The molecule has 0 amide bonds. The molecule has 0 unspecified atom stereocenters. The Hall–Kier alpha value is -3.13. The summed E-state index contributed by atoms with van der Waals surface area (Å²) in [4.78, 5) is 16.6. The van der Waals surface area contributed by atoms with E-state index < -0.39 is 0 Å². The van der Waals surface area contributed by atoms with Crippen molar-refractivity contribution in [2.75, 3.05) is 5.73 Å². The summed E-state index contributed by atoms with van der Waals surface area (Å²) in [7, 11) is 0. The first-order valence-corrected chi connectivity index (χ1v) is 6.39. The van der Waals surface area contributed by atoms with Crippen molar-refractivity contribution in [1.82, 2.24) is 9.55 Å². The third kappa shape index (κ3) is 2.03. The van der Waals surface area contributed by atoms with Gasteiger partial charge in [-0.25, -0.2) is 4.98 Å². The highest BCUT2D eigenvalue weighted by Crippen LogP contribution is 2.25. The Morgan fingerprint density at radius 3 is 2.90 bits per heavy atom. The van der Waals surface area contributed by atoms with Crippen molar-refractivity contribution in [1.29, 1.82) is 5.26 Å². The number of carbonyl (C=O) groups excluding carboxylic acids is 1. The average Bonchev–Trinajstić information content (AvgIpc) is 2.84. The molecular weight excluding hydrogens is 264 g/mol. The predicted octanol–water partition coefficient (Wildman–Crippen LogP) is 2.49. The number of anilines is 1. The first-order chi connectivity index (χ1) is 10.1. The Labute approximate surface area is 121 Å². The van der Waals surface area contributed by atoms with Crippen LogP contribution in [0.2, 0.25) is 0 Å². The minimum atomic E-state index is -0.202. The minimum absolute atomic E-state index is 0.202. The molecule has 0 bridgehead atoms. The van der Waals surface area contributed by atoms with E-state index in [-0.39, 0.29) is 11.6 Å². The number of aryl methyl sites for hydroxylation is 1. The topological polar surface area (TPSA) is 84.7 Å². The van der Waals surface area contributed by atoms with Crippen LogP contribution in [0.1, 0.15) is 21.7 Å². The fourth-order valence-corrected chi connectivity index (χ4v) is 2.41. The molecule has 2 heterocycles. The smallest absolute Gasteiger partial charge is 0.262 e. The molecule has 5 heteroatoms. The van der Waals surface area contributed by atoms with Crippen LogP contribution < -0.4 is 5.73 Å². The van der Waals surface area contributed by atoms with E-state index in [4.69, 9.17) is 11.0 Å². The summed E-state index contributed by atoms with van der Waals surface area (Å²) >= 11 is 0. The molecule has 1 aromatic carbocycles. The van der Waals surface area contributed by atoms with Gasteiger partial charge in [-0.3, -0.25) is 9.36 Å². The Morgan fingerprint density at radius 2 is 2.14 bits per heavy atom. The van der Waals surface area contributed by atoms with E-state index in [0.29, 0.717) is 11.3 Å². The van der Waals surface area contributed by atoms with E-state index in [2.05, 4.69) is 4.98 Å². The van der Waals surface area contributed by atoms with Gasteiger partial charge in [0.25, 0.3) is 5.91 Å². The van der Waals surface area contributed by atoms with Gasteiger partial charge in [0.15, 0.2) is 0 Å². The van der Waals surface area contributed by atoms with Crippen LogP contribution in [-0.4, -0.2) is 15.5 Å². The molecule has 2 N–H and O–H groups in total. The lowest BCUT2D eigenvalue weighted by Gasteiger charge is -2.07. The fourth-order valence-electron chi connectivity index (χ4n) is 2.41. The van der Waals surface area contributed by atoms with Gasteiger partial charge in [-0.2, -0.15) is 5.26 Å². The number of pyridine rings is 1. The lowest BCUT2D eigenvalue weighted by Crippen LogP contribution is -2.13. The van der Waals surface area contributed by atoms with Crippen molar-refractivity contribution in [3.8, 4) is 6.07 Å². The molecule has 5 nitrogen and oxygen atoms in total. The normalized spacial score (nSPS) is 10.5. The molecule has 102 valence electrons. The van der Waals surface area contributed by atoms with Gasteiger partial charge >= 0.3 is 0 Å². The highest BCUT2D eigenvalue weighted by molar-refractivity contribution is 6.05. The summed E-state index contributed by atoms with van der Waals surface area (Å²) in [5.41, 5.74) is 8.77. The number of nitrogens with zero attached hydrogens (tertiary/aromatic N) is 3. The van der Waals surface area contributed by atoms with E-state index in [1.54, 1.807) is 16.7 Å². The van der Waals surface area contributed by atoms with Crippen LogP contribution in [0.3, 0.4) is 0 Å². The number of aromatic nitrogens is 2. The lowest BCUT2D eigenvalue weighted by atomic mass is 10.2. The molecule has 0 radical (unpaired) electrons. The quantitative estimate of drug-likeness (QED) is 0.692. The third-order valence-electron chi connectivity index (χ3n) is 3.39. The molecular formula is C16H12N4O. The lowest BCUT2D eigenvalue weighted by molar-refractivity contribution is 0.0963. The SMILES string of the molecule is Cc1cc2c(N)cccc2n1C(=O)c1ccnc(C#N)c1. The number of hydrogen-bond donors (Lipinski definition) is 1. The number of nitrogens with two attached hydrogens (primary N) is 1. The van der Waals surface area contributed by atoms with Crippen molar-refractivity contribution in [2.24, 2.45) is 0 Å². The van der Waals surface area contributed by atoms with Crippen molar-refractivity contribution in [2.45, 2.75) is 6.92 Å². The standard InChI is InChI=1S/C16H12N4O/c1-10-7-13-14(18)3-2-4-15(13)20(10)16(21)11-5-6-19-12(8-11)9-17/h2-8H,18H2,1H3. The summed E-state index contributed by atoms with van der Waals surface area (Å²) in [6.45, 7) is 1.85. The number of benzene rings is 1. The summed E-state index contributed by atoms with van der Waals surface area (Å²) in [6, 6.07) is 12.4. The number of fused-ring (bicyclic) bond motifs is 1. The van der Waals surface area contributed by atoms with Crippen molar-refractivity contribution < 1.29 is 4.79 Å². The maximum Gasteiger partial charge on any atom is 0.262 e. The van der Waals surface area contributed by atoms with Gasteiger partial charge in [0.1, 0.15) is 11.8 Å². The maximum absolute atomic E-state index is 12.7. The second-order valence-electron chi connectivity index (χ2n) is 4.75. The molecule has 0 aliphatic heterocycles. The van der Waals surface area contributed by atoms with Crippen LogP contribution in [0, 0.1) is 18.3 Å². The molecule has 0 fully saturated rings. The van der Waals surface area contributed by atoms with Crippen molar-refractivity contribution in [3.05, 3.63) is 59.5 Å². The zero-order valence-electron chi connectivity index (χ0n) is 11.4. The van der Waals surface area contributed by atoms with Crippen LogP contribution in [0.15, 0.2) is 42.6 Å². The summed E-state index contributed by atoms with van der Waals surface area (Å²) in [5, 5.41) is 9.74. The van der Waals surface area contributed by atoms with E-state index in [0.717, 1.165) is 16.6 Å². The van der Waals surface area contributed by atoms with Crippen LogP contribution in [0.4, 0.5) is 5.69 Å². The van der Waals surface area contributed by atoms with E-state index >= 15 is 0 Å². The fraction of sp³-hybridized carbons (Fsp3) is 0.0625. The number of carbonyl (C=O) groups is 1. The molecule has 21 heavy (non-hydrogen) atoms. The largest absolute Gasteiger partial charge is 0.398 e. The molecule has 0 aliphatic rings. The third-order valence-corrected chi connectivity index (χ3v) is 3.39. The van der Waals surface area contributed by atoms with Gasteiger partial charge in [-0.15, -0.1) is 0 Å². The molecule has 3 rings (SSSR count). The second kappa shape index (κ2) is 4.76. The molecule has 0 aliphatic carbocycles. The molecule has 2 aromatic heterocycles. The molecule has 3 aromatic rings. The van der Waals surface area contributed by atoms with E-state index in [9.17, 15) is 4.79 Å². The molecule has 0 atom stereocenters. The van der Waals surface area contributed by atoms with E-state index in [1.165, 1.54) is 12.3 Å². The molecule has 0 saturated heterocycles. The van der Waals surface area contributed by atoms with Gasteiger partial charge < -0.3 is 5.73 Å². The summed E-state index contributed by atoms with van der Waals surface area (Å²) in [6.07, 6.45) is 1.46. The van der Waals surface area contributed by atoms with Gasteiger partial charge in [0, 0.05) is 28.5 Å². The molecule has 0 spiro atoms. The highest BCUT2D eigenvalue weighted by atomic mass is 16.2. The van der Waals surface area contributed by atoms with Gasteiger partial charge in [0.05, 0.1) is 5.52 Å². The molecule has 0 saturated carbocycles. The summed E-state index contributed by atoms with van der Waals surface area (Å²) in [5.74, 6) is -0.202. The number of rotatable bonds is 1. The number of hydrogen-bond acceptors (Lipinski definition) is 4. The second-order valence-corrected chi connectivity index (χ2v) is 4.75.